The van der Waals surface area contributed by atoms with E-state index in [1.807, 2.05) is 0 Å². The standard InChI is InChI=1S/C15H19FN4O2/c16-13-4-3-11(20-7-6-18-15(20)22)8-12(13)14(21)19-10-2-1-5-17-9-10/h3-4,8,10,17H,1-2,5-7,9H2,(H,18,22)(H,19,21). The average molecular weight is 306 g/mol. The summed E-state index contributed by atoms with van der Waals surface area (Å²) in [6.07, 6.45) is 1.87. The van der Waals surface area contributed by atoms with Gasteiger partial charge in [-0.05, 0) is 37.6 Å². The molecule has 0 bridgehead atoms. The first-order chi connectivity index (χ1) is 10.6. The van der Waals surface area contributed by atoms with E-state index in [-0.39, 0.29) is 17.6 Å². The van der Waals surface area contributed by atoms with Crippen molar-refractivity contribution in [3.63, 3.8) is 0 Å². The Morgan fingerprint density at radius 3 is 2.91 bits per heavy atom. The molecule has 1 unspecified atom stereocenters. The number of urea groups is 1. The molecular weight excluding hydrogens is 287 g/mol. The third-order valence-electron chi connectivity index (χ3n) is 4.00. The van der Waals surface area contributed by atoms with Crippen molar-refractivity contribution in [3.05, 3.63) is 29.6 Å². The Morgan fingerprint density at radius 2 is 2.23 bits per heavy atom. The Kier molecular flexibility index (Phi) is 4.24. The van der Waals surface area contributed by atoms with Crippen molar-refractivity contribution in [1.29, 1.82) is 0 Å². The van der Waals surface area contributed by atoms with E-state index >= 15 is 0 Å². The highest BCUT2D eigenvalue weighted by Crippen LogP contribution is 2.21. The van der Waals surface area contributed by atoms with Gasteiger partial charge in [0, 0.05) is 31.4 Å². The zero-order valence-corrected chi connectivity index (χ0v) is 12.2. The van der Waals surface area contributed by atoms with Gasteiger partial charge in [-0.15, -0.1) is 0 Å². The van der Waals surface area contributed by atoms with Crippen LogP contribution in [0.25, 0.3) is 0 Å². The van der Waals surface area contributed by atoms with Gasteiger partial charge in [-0.3, -0.25) is 9.69 Å². The first-order valence-electron chi connectivity index (χ1n) is 7.51. The van der Waals surface area contributed by atoms with Crippen LogP contribution in [0.2, 0.25) is 0 Å². The monoisotopic (exact) mass is 306 g/mol. The molecule has 22 heavy (non-hydrogen) atoms. The molecule has 2 saturated heterocycles. The molecule has 2 aliphatic rings. The second-order valence-electron chi connectivity index (χ2n) is 5.56. The quantitative estimate of drug-likeness (QED) is 0.775. The Morgan fingerprint density at radius 1 is 1.36 bits per heavy atom. The molecule has 3 rings (SSSR count). The average Bonchev–Trinajstić information content (AvgIpc) is 2.95. The van der Waals surface area contributed by atoms with E-state index in [0.29, 0.717) is 25.3 Å². The number of nitrogens with zero attached hydrogens (tertiary/aromatic N) is 1. The van der Waals surface area contributed by atoms with Crippen LogP contribution in [0.15, 0.2) is 18.2 Å². The van der Waals surface area contributed by atoms with Crippen LogP contribution in [-0.4, -0.2) is 44.2 Å². The van der Waals surface area contributed by atoms with Gasteiger partial charge in [0.25, 0.3) is 5.91 Å². The highest BCUT2D eigenvalue weighted by atomic mass is 19.1. The molecule has 2 aliphatic heterocycles. The number of rotatable bonds is 3. The lowest BCUT2D eigenvalue weighted by atomic mass is 10.1. The summed E-state index contributed by atoms with van der Waals surface area (Å²) in [5.41, 5.74) is 0.506. The largest absolute Gasteiger partial charge is 0.348 e. The lowest BCUT2D eigenvalue weighted by Gasteiger charge is -2.24. The van der Waals surface area contributed by atoms with Crippen LogP contribution in [0.5, 0.6) is 0 Å². The van der Waals surface area contributed by atoms with Gasteiger partial charge in [0.05, 0.1) is 5.56 Å². The number of hydrogen-bond acceptors (Lipinski definition) is 3. The van der Waals surface area contributed by atoms with Gasteiger partial charge < -0.3 is 16.0 Å². The van der Waals surface area contributed by atoms with E-state index in [0.717, 1.165) is 19.4 Å². The first-order valence-corrected chi connectivity index (χ1v) is 7.51. The molecule has 0 spiro atoms. The Bertz CT molecular complexity index is 587. The molecular formula is C15H19FN4O2. The molecule has 3 N–H and O–H groups in total. The van der Waals surface area contributed by atoms with Gasteiger partial charge in [-0.2, -0.15) is 0 Å². The van der Waals surface area contributed by atoms with Gasteiger partial charge in [0.1, 0.15) is 5.82 Å². The van der Waals surface area contributed by atoms with Crippen molar-refractivity contribution >= 4 is 17.6 Å². The minimum Gasteiger partial charge on any atom is -0.348 e. The van der Waals surface area contributed by atoms with E-state index in [1.54, 1.807) is 0 Å². The number of nitrogens with one attached hydrogen (secondary N) is 3. The molecule has 118 valence electrons. The second-order valence-corrected chi connectivity index (χ2v) is 5.56. The molecule has 3 amide bonds. The lowest BCUT2D eigenvalue weighted by Crippen LogP contribution is -2.45. The predicted molar refractivity (Wildman–Crippen MR) is 80.5 cm³/mol. The summed E-state index contributed by atoms with van der Waals surface area (Å²) in [4.78, 5) is 25.5. The van der Waals surface area contributed by atoms with Crippen molar-refractivity contribution in [2.45, 2.75) is 18.9 Å². The number of amides is 3. The van der Waals surface area contributed by atoms with Gasteiger partial charge in [0.15, 0.2) is 0 Å². The van der Waals surface area contributed by atoms with E-state index in [2.05, 4.69) is 16.0 Å². The van der Waals surface area contributed by atoms with Gasteiger partial charge in [-0.1, -0.05) is 0 Å². The van der Waals surface area contributed by atoms with Gasteiger partial charge in [0.2, 0.25) is 0 Å². The molecule has 7 heteroatoms. The highest BCUT2D eigenvalue weighted by molar-refractivity contribution is 5.98. The zero-order valence-electron chi connectivity index (χ0n) is 12.2. The second kappa shape index (κ2) is 6.31. The molecule has 6 nitrogen and oxygen atoms in total. The van der Waals surface area contributed by atoms with Crippen LogP contribution in [0.3, 0.4) is 0 Å². The smallest absolute Gasteiger partial charge is 0.321 e. The maximum atomic E-state index is 14.0. The number of piperidine rings is 1. The van der Waals surface area contributed by atoms with E-state index in [1.165, 1.54) is 23.1 Å². The highest BCUT2D eigenvalue weighted by Gasteiger charge is 2.24. The third-order valence-corrected chi connectivity index (χ3v) is 4.00. The van der Waals surface area contributed by atoms with Crippen molar-refractivity contribution in [2.24, 2.45) is 0 Å². The molecule has 0 aliphatic carbocycles. The predicted octanol–water partition coefficient (Wildman–Crippen LogP) is 0.837. The number of carbonyl (C=O) groups excluding carboxylic acids is 2. The summed E-state index contributed by atoms with van der Waals surface area (Å²) < 4.78 is 14.0. The maximum absolute atomic E-state index is 14.0. The fourth-order valence-corrected chi connectivity index (χ4v) is 2.81. The number of anilines is 1. The van der Waals surface area contributed by atoms with Gasteiger partial charge >= 0.3 is 6.03 Å². The van der Waals surface area contributed by atoms with Crippen LogP contribution < -0.4 is 20.9 Å². The van der Waals surface area contributed by atoms with Crippen LogP contribution in [0, 0.1) is 5.82 Å². The molecule has 1 aromatic rings. The van der Waals surface area contributed by atoms with Crippen LogP contribution in [0.4, 0.5) is 14.9 Å². The van der Waals surface area contributed by atoms with Crippen molar-refractivity contribution in [3.8, 4) is 0 Å². The van der Waals surface area contributed by atoms with E-state index in [9.17, 15) is 14.0 Å². The third kappa shape index (κ3) is 3.04. The zero-order chi connectivity index (χ0) is 15.5. The van der Waals surface area contributed by atoms with Gasteiger partial charge in [-0.25, -0.2) is 9.18 Å². The fraction of sp³-hybridized carbons (Fsp3) is 0.467. The number of benzene rings is 1. The number of carbonyl (C=O) groups is 2. The molecule has 1 atom stereocenters. The van der Waals surface area contributed by atoms with E-state index in [4.69, 9.17) is 0 Å². The van der Waals surface area contributed by atoms with Crippen molar-refractivity contribution < 1.29 is 14.0 Å². The summed E-state index contributed by atoms with van der Waals surface area (Å²) >= 11 is 0. The van der Waals surface area contributed by atoms with E-state index < -0.39 is 11.7 Å². The molecule has 2 fully saturated rings. The normalized spacial score (nSPS) is 21.6. The Labute approximate surface area is 128 Å². The van der Waals surface area contributed by atoms with Crippen LogP contribution in [0.1, 0.15) is 23.2 Å². The van der Waals surface area contributed by atoms with Crippen LogP contribution >= 0.6 is 0 Å². The SMILES string of the molecule is O=C(NC1CCCNC1)c1cc(N2CCNC2=O)ccc1F. The number of halogens is 1. The summed E-state index contributed by atoms with van der Waals surface area (Å²) in [7, 11) is 0. The molecule has 0 radical (unpaired) electrons. The topological polar surface area (TPSA) is 73.5 Å². The Balaban J connectivity index is 1.76. The number of hydrogen-bond donors (Lipinski definition) is 3. The summed E-state index contributed by atoms with van der Waals surface area (Å²) in [6.45, 7) is 2.70. The maximum Gasteiger partial charge on any atom is 0.321 e. The summed E-state index contributed by atoms with van der Waals surface area (Å²) in [5, 5.41) is 8.72. The van der Waals surface area contributed by atoms with Crippen molar-refractivity contribution in [2.75, 3.05) is 31.1 Å². The van der Waals surface area contributed by atoms with Crippen molar-refractivity contribution in [1.82, 2.24) is 16.0 Å². The molecule has 1 aromatic carbocycles. The molecule has 0 aromatic heterocycles. The summed E-state index contributed by atoms with van der Waals surface area (Å²) in [5.74, 6) is -1.02. The first kappa shape index (κ1) is 14.8. The fourth-order valence-electron chi connectivity index (χ4n) is 2.81. The Hall–Kier alpha value is -2.15. The van der Waals surface area contributed by atoms with Crippen LogP contribution in [-0.2, 0) is 0 Å². The minimum absolute atomic E-state index is 0.0133. The minimum atomic E-state index is -0.579. The molecule has 2 heterocycles. The lowest BCUT2D eigenvalue weighted by molar-refractivity contribution is 0.0926. The summed E-state index contributed by atoms with van der Waals surface area (Å²) in [6, 6.07) is 3.97. The molecule has 0 saturated carbocycles.